The average Bonchev–Trinajstić information content (AvgIpc) is 3.16. The predicted octanol–water partition coefficient (Wildman–Crippen LogP) is 3.05. The lowest BCUT2D eigenvalue weighted by Crippen LogP contribution is -2.31. The minimum atomic E-state index is -1.14. The van der Waals surface area contributed by atoms with Gasteiger partial charge in [0.2, 0.25) is 5.95 Å². The molecule has 0 saturated carbocycles. The lowest BCUT2D eigenvalue weighted by atomic mass is 10.2. The van der Waals surface area contributed by atoms with Crippen molar-refractivity contribution in [1.82, 2.24) is 14.9 Å². The van der Waals surface area contributed by atoms with E-state index in [0.29, 0.717) is 30.3 Å². The molecule has 8 heteroatoms. The highest BCUT2D eigenvalue weighted by Crippen LogP contribution is 2.19. The number of carbonyl (C=O) groups excluding carboxylic acids is 1. The normalized spacial score (nSPS) is 16.1. The fraction of sp³-hybridized carbons (Fsp3) is 0.200. The first-order valence-electron chi connectivity index (χ1n) is 8.96. The number of hydrogen-bond acceptors (Lipinski definition) is 5. The number of amides is 2. The number of nitrogens with one attached hydrogen (secondary N) is 2. The van der Waals surface area contributed by atoms with Gasteiger partial charge in [0.25, 0.3) is 5.91 Å². The van der Waals surface area contributed by atoms with E-state index in [1.165, 1.54) is 0 Å². The molecular formula is C20H19N5O3. The summed E-state index contributed by atoms with van der Waals surface area (Å²) in [6.07, 6.45) is 1.46. The summed E-state index contributed by atoms with van der Waals surface area (Å²) in [5.41, 5.74) is 1.83. The van der Waals surface area contributed by atoms with Gasteiger partial charge in [-0.05, 0) is 36.8 Å². The van der Waals surface area contributed by atoms with Gasteiger partial charge in [-0.15, -0.1) is 0 Å². The molecule has 2 amide bonds. The summed E-state index contributed by atoms with van der Waals surface area (Å²) >= 11 is 0. The zero-order valence-electron chi connectivity index (χ0n) is 15.0. The number of anilines is 2. The Balaban J connectivity index is 1.38. The van der Waals surface area contributed by atoms with Gasteiger partial charge in [0.1, 0.15) is 0 Å². The average molecular weight is 377 g/mol. The van der Waals surface area contributed by atoms with Crippen molar-refractivity contribution in [3.05, 3.63) is 60.3 Å². The van der Waals surface area contributed by atoms with Crippen molar-refractivity contribution in [2.45, 2.75) is 12.5 Å². The number of para-hydroxylation sites is 1. The third-order valence-corrected chi connectivity index (χ3v) is 4.68. The fourth-order valence-corrected chi connectivity index (χ4v) is 3.29. The number of carboxylic acid groups (broad SMARTS) is 1. The van der Waals surface area contributed by atoms with Gasteiger partial charge in [0, 0.05) is 42.0 Å². The molecule has 2 heterocycles. The lowest BCUT2D eigenvalue weighted by molar-refractivity contribution is 0.0791. The van der Waals surface area contributed by atoms with E-state index < -0.39 is 6.09 Å². The van der Waals surface area contributed by atoms with Gasteiger partial charge in [-0.2, -0.15) is 0 Å². The summed E-state index contributed by atoms with van der Waals surface area (Å²) < 4.78 is 0. The van der Waals surface area contributed by atoms with Crippen molar-refractivity contribution in [1.29, 1.82) is 0 Å². The Labute approximate surface area is 161 Å². The van der Waals surface area contributed by atoms with E-state index in [4.69, 9.17) is 5.11 Å². The number of rotatable bonds is 4. The summed E-state index contributed by atoms with van der Waals surface area (Å²) in [6, 6.07) is 14.3. The van der Waals surface area contributed by atoms with Crippen molar-refractivity contribution in [2.75, 3.05) is 23.7 Å². The molecule has 28 heavy (non-hydrogen) atoms. The van der Waals surface area contributed by atoms with Crippen molar-refractivity contribution >= 4 is 34.5 Å². The Morgan fingerprint density at radius 2 is 1.89 bits per heavy atom. The van der Waals surface area contributed by atoms with Gasteiger partial charge in [-0.1, -0.05) is 18.2 Å². The van der Waals surface area contributed by atoms with E-state index in [-0.39, 0.29) is 11.9 Å². The molecule has 3 aromatic rings. The minimum Gasteiger partial charge on any atom is -0.465 e. The quantitative estimate of drug-likeness (QED) is 0.645. The number of likely N-dealkylation sites (tertiary alicyclic amines) is 1. The van der Waals surface area contributed by atoms with Crippen LogP contribution in [0.15, 0.2) is 54.7 Å². The molecule has 0 aliphatic carbocycles. The van der Waals surface area contributed by atoms with Crippen LogP contribution in [0, 0.1) is 0 Å². The van der Waals surface area contributed by atoms with E-state index in [1.807, 2.05) is 24.3 Å². The molecule has 0 radical (unpaired) electrons. The second-order valence-corrected chi connectivity index (χ2v) is 6.64. The SMILES string of the molecule is O=C(O)Nc1ccc(C(=O)N2CCC(Nc3ncc4ccccc4n3)C2)cc1. The molecule has 0 bridgehead atoms. The van der Waals surface area contributed by atoms with Crippen LogP contribution < -0.4 is 10.6 Å². The van der Waals surface area contributed by atoms with E-state index in [2.05, 4.69) is 20.6 Å². The van der Waals surface area contributed by atoms with Crippen LogP contribution in [0.5, 0.6) is 0 Å². The Bertz CT molecular complexity index is 1020. The summed E-state index contributed by atoms with van der Waals surface area (Å²) in [5.74, 6) is 0.479. The van der Waals surface area contributed by atoms with Gasteiger partial charge in [0.15, 0.2) is 0 Å². The fourth-order valence-electron chi connectivity index (χ4n) is 3.29. The van der Waals surface area contributed by atoms with Gasteiger partial charge in [-0.25, -0.2) is 14.8 Å². The molecule has 8 nitrogen and oxygen atoms in total. The van der Waals surface area contributed by atoms with Crippen LogP contribution >= 0.6 is 0 Å². The van der Waals surface area contributed by atoms with E-state index in [9.17, 15) is 9.59 Å². The first kappa shape index (κ1) is 17.7. The van der Waals surface area contributed by atoms with Crippen LogP contribution in [0.1, 0.15) is 16.8 Å². The maximum atomic E-state index is 12.7. The number of hydrogen-bond donors (Lipinski definition) is 3. The Hall–Kier alpha value is -3.68. The van der Waals surface area contributed by atoms with Crippen LogP contribution in [0.4, 0.5) is 16.4 Å². The highest BCUT2D eigenvalue weighted by atomic mass is 16.4. The van der Waals surface area contributed by atoms with E-state index >= 15 is 0 Å². The molecule has 1 unspecified atom stereocenters. The number of nitrogens with zero attached hydrogens (tertiary/aromatic N) is 3. The molecule has 2 aromatic carbocycles. The van der Waals surface area contributed by atoms with Crippen LogP contribution in [-0.4, -0.2) is 51.1 Å². The van der Waals surface area contributed by atoms with E-state index in [1.54, 1.807) is 35.4 Å². The first-order valence-corrected chi connectivity index (χ1v) is 8.96. The minimum absolute atomic E-state index is 0.0781. The molecule has 1 fully saturated rings. The predicted molar refractivity (Wildman–Crippen MR) is 106 cm³/mol. The van der Waals surface area contributed by atoms with Crippen molar-refractivity contribution in [2.24, 2.45) is 0 Å². The molecule has 1 saturated heterocycles. The summed E-state index contributed by atoms with van der Waals surface area (Å²) in [6.45, 7) is 1.20. The highest BCUT2D eigenvalue weighted by molar-refractivity contribution is 5.95. The standard InChI is InChI=1S/C20H19N5O3/c26-18(13-5-7-15(8-6-13)23-20(27)28)25-10-9-16(12-25)22-19-21-11-14-3-1-2-4-17(14)24-19/h1-8,11,16,23H,9-10,12H2,(H,27,28)(H,21,22,24). The lowest BCUT2D eigenvalue weighted by Gasteiger charge is -2.17. The summed E-state index contributed by atoms with van der Waals surface area (Å²) in [4.78, 5) is 34.0. The zero-order valence-corrected chi connectivity index (χ0v) is 15.0. The molecule has 0 spiro atoms. The van der Waals surface area contributed by atoms with Crippen molar-refractivity contribution < 1.29 is 14.7 Å². The third-order valence-electron chi connectivity index (χ3n) is 4.68. The molecule has 1 atom stereocenters. The molecule has 142 valence electrons. The number of aromatic nitrogens is 2. The summed E-state index contributed by atoms with van der Waals surface area (Å²) in [5, 5.41) is 15.3. The molecule has 1 aliphatic rings. The molecular weight excluding hydrogens is 358 g/mol. The topological polar surface area (TPSA) is 107 Å². The van der Waals surface area contributed by atoms with Gasteiger partial charge in [-0.3, -0.25) is 10.1 Å². The van der Waals surface area contributed by atoms with Crippen LogP contribution in [-0.2, 0) is 0 Å². The molecule has 4 rings (SSSR count). The Morgan fingerprint density at radius 3 is 2.68 bits per heavy atom. The maximum absolute atomic E-state index is 12.7. The number of benzene rings is 2. The summed E-state index contributed by atoms with van der Waals surface area (Å²) in [7, 11) is 0. The first-order chi connectivity index (χ1) is 13.6. The molecule has 3 N–H and O–H groups in total. The van der Waals surface area contributed by atoms with Crippen molar-refractivity contribution in [3.8, 4) is 0 Å². The largest absolute Gasteiger partial charge is 0.465 e. The van der Waals surface area contributed by atoms with Gasteiger partial charge < -0.3 is 15.3 Å². The second kappa shape index (κ2) is 7.51. The second-order valence-electron chi connectivity index (χ2n) is 6.64. The van der Waals surface area contributed by atoms with Crippen LogP contribution in [0.3, 0.4) is 0 Å². The maximum Gasteiger partial charge on any atom is 0.409 e. The zero-order chi connectivity index (χ0) is 19.5. The van der Waals surface area contributed by atoms with Crippen LogP contribution in [0.2, 0.25) is 0 Å². The van der Waals surface area contributed by atoms with Gasteiger partial charge >= 0.3 is 6.09 Å². The Morgan fingerprint density at radius 1 is 1.11 bits per heavy atom. The number of fused-ring (bicyclic) bond motifs is 1. The Kier molecular flexibility index (Phi) is 4.76. The van der Waals surface area contributed by atoms with E-state index in [0.717, 1.165) is 17.3 Å². The van der Waals surface area contributed by atoms with Crippen LogP contribution in [0.25, 0.3) is 10.9 Å². The number of carbonyl (C=O) groups is 2. The smallest absolute Gasteiger partial charge is 0.409 e. The molecule has 1 aliphatic heterocycles. The highest BCUT2D eigenvalue weighted by Gasteiger charge is 2.27. The molecule has 1 aromatic heterocycles. The van der Waals surface area contributed by atoms with Gasteiger partial charge in [0.05, 0.1) is 5.52 Å². The van der Waals surface area contributed by atoms with Crippen molar-refractivity contribution in [3.63, 3.8) is 0 Å². The third kappa shape index (κ3) is 3.85. The monoisotopic (exact) mass is 377 g/mol.